The molecule has 0 aliphatic carbocycles. The zero-order valence-corrected chi connectivity index (χ0v) is 7.33. The van der Waals surface area contributed by atoms with Gasteiger partial charge in [0.2, 0.25) is 0 Å². The Morgan fingerprint density at radius 1 is 1.08 bits per heavy atom. The highest BCUT2D eigenvalue weighted by Gasteiger charge is 2.37. The summed E-state index contributed by atoms with van der Waals surface area (Å²) in [5.74, 6) is -0.547. The number of hydrogen-bond acceptors (Lipinski definition) is 2. The number of amides is 2. The van der Waals surface area contributed by atoms with Crippen LogP contribution in [0.5, 0.6) is 0 Å². The van der Waals surface area contributed by atoms with Crippen molar-refractivity contribution in [1.29, 1.82) is 0 Å². The fraction of sp³-hybridized carbons (Fsp3) is 0.500. The smallest absolute Gasteiger partial charge is 0.267 e. The molecule has 0 spiro atoms. The second kappa shape index (κ2) is 2.97. The SMILES string of the molecule is C=C1C(=O)N(CC)N(CC)C1=O. The van der Waals surface area contributed by atoms with Gasteiger partial charge in [0.15, 0.2) is 0 Å². The predicted molar refractivity (Wildman–Crippen MR) is 43.9 cm³/mol. The Balaban J connectivity index is 2.95. The number of hydrazine groups is 1. The summed E-state index contributed by atoms with van der Waals surface area (Å²) in [4.78, 5) is 22.6. The van der Waals surface area contributed by atoms with Crippen LogP contribution in [-0.4, -0.2) is 34.9 Å². The second-order valence-electron chi connectivity index (χ2n) is 2.52. The van der Waals surface area contributed by atoms with E-state index in [0.717, 1.165) is 0 Å². The van der Waals surface area contributed by atoms with Gasteiger partial charge in [0.25, 0.3) is 11.8 Å². The molecule has 1 saturated heterocycles. The maximum atomic E-state index is 11.3. The van der Waals surface area contributed by atoms with Crippen molar-refractivity contribution in [3.8, 4) is 0 Å². The Bertz CT molecular complexity index is 223. The summed E-state index contributed by atoms with van der Waals surface area (Å²) in [7, 11) is 0. The van der Waals surface area contributed by atoms with Gasteiger partial charge in [0.1, 0.15) is 5.57 Å². The van der Waals surface area contributed by atoms with Gasteiger partial charge in [-0.3, -0.25) is 9.59 Å². The molecule has 0 aromatic carbocycles. The highest BCUT2D eigenvalue weighted by Crippen LogP contribution is 2.16. The highest BCUT2D eigenvalue weighted by molar-refractivity contribution is 6.21. The molecule has 0 atom stereocenters. The van der Waals surface area contributed by atoms with Crippen molar-refractivity contribution in [2.45, 2.75) is 13.8 Å². The van der Waals surface area contributed by atoms with Crippen LogP contribution in [0.25, 0.3) is 0 Å². The summed E-state index contributed by atoms with van der Waals surface area (Å²) in [6, 6.07) is 0. The van der Waals surface area contributed by atoms with Crippen LogP contribution in [0.15, 0.2) is 12.2 Å². The van der Waals surface area contributed by atoms with Crippen LogP contribution in [0.3, 0.4) is 0 Å². The number of carbonyl (C=O) groups is 2. The molecule has 1 rings (SSSR count). The molecule has 1 fully saturated rings. The van der Waals surface area contributed by atoms with Gasteiger partial charge in [-0.2, -0.15) is 0 Å². The number of rotatable bonds is 2. The fourth-order valence-electron chi connectivity index (χ4n) is 1.25. The Labute approximate surface area is 71.4 Å². The fourth-order valence-corrected chi connectivity index (χ4v) is 1.25. The van der Waals surface area contributed by atoms with E-state index in [2.05, 4.69) is 6.58 Å². The van der Waals surface area contributed by atoms with Crippen LogP contribution in [0, 0.1) is 0 Å². The van der Waals surface area contributed by atoms with Crippen LogP contribution >= 0.6 is 0 Å². The van der Waals surface area contributed by atoms with Crippen LogP contribution in [0.2, 0.25) is 0 Å². The first-order chi connectivity index (χ1) is 5.63. The van der Waals surface area contributed by atoms with E-state index in [-0.39, 0.29) is 17.4 Å². The van der Waals surface area contributed by atoms with Crippen molar-refractivity contribution in [2.24, 2.45) is 0 Å². The van der Waals surface area contributed by atoms with Gasteiger partial charge in [0, 0.05) is 13.1 Å². The van der Waals surface area contributed by atoms with Crippen molar-refractivity contribution in [3.63, 3.8) is 0 Å². The maximum Gasteiger partial charge on any atom is 0.277 e. The molecule has 0 aromatic heterocycles. The molecule has 1 aliphatic rings. The molecule has 0 radical (unpaired) electrons. The molecule has 0 unspecified atom stereocenters. The molecule has 0 saturated carbocycles. The van der Waals surface area contributed by atoms with Crippen LogP contribution < -0.4 is 0 Å². The van der Waals surface area contributed by atoms with Crippen LogP contribution in [0.4, 0.5) is 0 Å². The van der Waals surface area contributed by atoms with E-state index < -0.39 is 0 Å². The Morgan fingerprint density at radius 2 is 1.42 bits per heavy atom. The molecule has 66 valence electrons. The Morgan fingerprint density at radius 3 is 1.67 bits per heavy atom. The van der Waals surface area contributed by atoms with Gasteiger partial charge in [-0.25, -0.2) is 10.0 Å². The molecule has 1 aliphatic heterocycles. The standard InChI is InChI=1S/C8H12N2O2/c1-4-9-7(11)6(3)8(12)10(9)5-2/h3-5H2,1-2H3. The number of likely N-dealkylation sites (N-methyl/N-ethyl adjacent to an activating group) is 2. The highest BCUT2D eigenvalue weighted by atomic mass is 16.2. The number of nitrogens with zero attached hydrogens (tertiary/aromatic N) is 2. The van der Waals surface area contributed by atoms with E-state index in [0.29, 0.717) is 13.1 Å². The first-order valence-corrected chi connectivity index (χ1v) is 3.96. The molecular formula is C8H12N2O2. The minimum absolute atomic E-state index is 0.0682. The lowest BCUT2D eigenvalue weighted by Crippen LogP contribution is -2.40. The summed E-state index contributed by atoms with van der Waals surface area (Å²) in [6.45, 7) is 8.10. The van der Waals surface area contributed by atoms with Gasteiger partial charge in [0.05, 0.1) is 0 Å². The summed E-state index contributed by atoms with van der Waals surface area (Å²) >= 11 is 0. The van der Waals surface area contributed by atoms with Crippen LogP contribution in [0.1, 0.15) is 13.8 Å². The minimum atomic E-state index is -0.274. The van der Waals surface area contributed by atoms with E-state index in [9.17, 15) is 9.59 Å². The van der Waals surface area contributed by atoms with Crippen molar-refractivity contribution < 1.29 is 9.59 Å². The topological polar surface area (TPSA) is 40.6 Å². The van der Waals surface area contributed by atoms with E-state index in [1.54, 1.807) is 0 Å². The van der Waals surface area contributed by atoms with Crippen molar-refractivity contribution in [1.82, 2.24) is 10.0 Å². The number of hydrogen-bond donors (Lipinski definition) is 0. The summed E-state index contributed by atoms with van der Waals surface area (Å²) in [6.07, 6.45) is 0. The zero-order valence-electron chi connectivity index (χ0n) is 7.33. The van der Waals surface area contributed by atoms with Gasteiger partial charge in [-0.05, 0) is 13.8 Å². The van der Waals surface area contributed by atoms with E-state index in [4.69, 9.17) is 0 Å². The summed E-state index contributed by atoms with van der Waals surface area (Å²) < 4.78 is 0. The molecule has 0 N–H and O–H groups in total. The van der Waals surface area contributed by atoms with Crippen molar-refractivity contribution in [3.05, 3.63) is 12.2 Å². The van der Waals surface area contributed by atoms with Gasteiger partial charge < -0.3 is 0 Å². The second-order valence-corrected chi connectivity index (χ2v) is 2.52. The third kappa shape index (κ3) is 0.995. The molecule has 2 amide bonds. The molecule has 0 aromatic rings. The Hall–Kier alpha value is -1.32. The van der Waals surface area contributed by atoms with Gasteiger partial charge in [-0.1, -0.05) is 6.58 Å². The third-order valence-corrected chi connectivity index (χ3v) is 1.88. The van der Waals surface area contributed by atoms with E-state index in [1.807, 2.05) is 13.8 Å². The summed E-state index contributed by atoms with van der Waals surface area (Å²) in [5.41, 5.74) is 0.0682. The lowest BCUT2D eigenvalue weighted by molar-refractivity contribution is -0.145. The molecule has 0 bridgehead atoms. The maximum absolute atomic E-state index is 11.3. The van der Waals surface area contributed by atoms with Crippen molar-refractivity contribution >= 4 is 11.8 Å². The monoisotopic (exact) mass is 168 g/mol. The summed E-state index contributed by atoms with van der Waals surface area (Å²) in [5, 5.41) is 2.81. The average Bonchev–Trinajstić information content (AvgIpc) is 2.29. The van der Waals surface area contributed by atoms with Gasteiger partial charge >= 0.3 is 0 Å². The molecule has 12 heavy (non-hydrogen) atoms. The first-order valence-electron chi connectivity index (χ1n) is 3.96. The third-order valence-electron chi connectivity index (χ3n) is 1.88. The molecular weight excluding hydrogens is 156 g/mol. The van der Waals surface area contributed by atoms with Crippen molar-refractivity contribution in [2.75, 3.05) is 13.1 Å². The normalized spacial score (nSPS) is 18.0. The lowest BCUT2D eigenvalue weighted by atomic mass is 10.3. The first kappa shape index (κ1) is 8.77. The Kier molecular flexibility index (Phi) is 2.17. The molecule has 4 heteroatoms. The molecule has 4 nitrogen and oxygen atoms in total. The van der Waals surface area contributed by atoms with E-state index >= 15 is 0 Å². The predicted octanol–water partition coefficient (Wildman–Crippen LogP) is 0.168. The number of carbonyl (C=O) groups excluding carboxylic acids is 2. The van der Waals surface area contributed by atoms with Gasteiger partial charge in [-0.15, -0.1) is 0 Å². The minimum Gasteiger partial charge on any atom is -0.267 e. The molecule has 1 heterocycles. The largest absolute Gasteiger partial charge is 0.277 e. The van der Waals surface area contributed by atoms with E-state index in [1.165, 1.54) is 10.0 Å². The quantitative estimate of drug-likeness (QED) is 0.435. The lowest BCUT2D eigenvalue weighted by Gasteiger charge is -2.24. The van der Waals surface area contributed by atoms with Crippen LogP contribution in [-0.2, 0) is 9.59 Å². The average molecular weight is 168 g/mol. The zero-order chi connectivity index (χ0) is 9.30.